The molecular formula is C31H33N3O4. The van der Waals surface area contributed by atoms with Gasteiger partial charge in [-0.05, 0) is 79.3 Å². The third-order valence-electron chi connectivity index (χ3n) is 6.95. The van der Waals surface area contributed by atoms with Gasteiger partial charge in [0.25, 0.3) is 11.8 Å². The summed E-state index contributed by atoms with van der Waals surface area (Å²) in [5, 5.41) is 0. The molecule has 0 fully saturated rings. The number of anilines is 2. The summed E-state index contributed by atoms with van der Waals surface area (Å²) in [5.41, 5.74) is 5.93. The molecule has 0 aromatic heterocycles. The third kappa shape index (κ3) is 5.83. The van der Waals surface area contributed by atoms with E-state index in [0.29, 0.717) is 17.8 Å². The first kappa shape index (κ1) is 26.8. The number of aryl methyl sites for hydroxylation is 3. The molecule has 0 radical (unpaired) electrons. The Morgan fingerprint density at radius 1 is 0.868 bits per heavy atom. The van der Waals surface area contributed by atoms with Crippen molar-refractivity contribution < 1.29 is 19.2 Å². The fraction of sp³-hybridized carbons (Fsp3) is 0.290. The van der Waals surface area contributed by atoms with Crippen molar-refractivity contribution in [3.05, 3.63) is 94.5 Å². The van der Waals surface area contributed by atoms with Gasteiger partial charge in [0, 0.05) is 37.6 Å². The number of benzene rings is 3. The molecule has 0 N–H and O–H groups in total. The van der Waals surface area contributed by atoms with Crippen LogP contribution in [-0.2, 0) is 27.3 Å². The van der Waals surface area contributed by atoms with Crippen LogP contribution in [0.2, 0.25) is 0 Å². The number of nitrogens with zero attached hydrogens (tertiary/aromatic N) is 3. The van der Waals surface area contributed by atoms with E-state index >= 15 is 0 Å². The van der Waals surface area contributed by atoms with Crippen LogP contribution >= 0.6 is 0 Å². The van der Waals surface area contributed by atoms with E-state index < -0.39 is 24.0 Å². The Balaban J connectivity index is 1.58. The Kier molecular flexibility index (Phi) is 8.05. The predicted molar refractivity (Wildman–Crippen MR) is 148 cm³/mol. The van der Waals surface area contributed by atoms with Gasteiger partial charge in [0.2, 0.25) is 11.7 Å². The molecule has 0 saturated carbocycles. The number of ketones is 1. The van der Waals surface area contributed by atoms with E-state index in [4.69, 9.17) is 0 Å². The third-order valence-corrected chi connectivity index (χ3v) is 6.95. The van der Waals surface area contributed by atoms with Crippen LogP contribution in [0.5, 0.6) is 0 Å². The monoisotopic (exact) mass is 511 g/mol. The van der Waals surface area contributed by atoms with Crippen molar-refractivity contribution in [3.8, 4) is 0 Å². The summed E-state index contributed by atoms with van der Waals surface area (Å²) in [6.07, 6.45) is 1.07. The Morgan fingerprint density at radius 3 is 2.26 bits per heavy atom. The highest BCUT2D eigenvalue weighted by molar-refractivity contribution is 6.44. The van der Waals surface area contributed by atoms with E-state index in [0.717, 1.165) is 40.8 Å². The summed E-state index contributed by atoms with van der Waals surface area (Å²) in [5.74, 6) is -2.02. The van der Waals surface area contributed by atoms with Crippen LogP contribution in [0.15, 0.2) is 66.7 Å². The highest BCUT2D eigenvalue weighted by Crippen LogP contribution is 2.27. The normalized spacial score (nSPS) is 12.5. The molecule has 7 nitrogen and oxygen atoms in total. The van der Waals surface area contributed by atoms with Crippen molar-refractivity contribution in [3.63, 3.8) is 0 Å². The molecule has 38 heavy (non-hydrogen) atoms. The van der Waals surface area contributed by atoms with Crippen LogP contribution in [0, 0.1) is 13.8 Å². The van der Waals surface area contributed by atoms with E-state index in [1.807, 2.05) is 56.3 Å². The number of Topliss-reactive ketones (excluding diaryl/α,β-unsaturated/α-hetero) is 1. The van der Waals surface area contributed by atoms with E-state index in [-0.39, 0.29) is 12.5 Å². The molecule has 0 bridgehead atoms. The first-order valence-electron chi connectivity index (χ1n) is 12.8. The molecule has 3 aromatic carbocycles. The second-order valence-corrected chi connectivity index (χ2v) is 9.93. The highest BCUT2D eigenvalue weighted by Gasteiger charge is 2.30. The summed E-state index contributed by atoms with van der Waals surface area (Å²) in [6, 6.07) is 20.2. The maximum atomic E-state index is 13.5. The van der Waals surface area contributed by atoms with Gasteiger partial charge in [0.05, 0.1) is 13.0 Å². The molecular weight excluding hydrogens is 478 g/mol. The van der Waals surface area contributed by atoms with Gasteiger partial charge in [0.1, 0.15) is 0 Å². The lowest BCUT2D eigenvalue weighted by Crippen LogP contribution is -2.42. The average molecular weight is 512 g/mol. The fourth-order valence-corrected chi connectivity index (χ4v) is 4.65. The van der Waals surface area contributed by atoms with Crippen LogP contribution in [0.25, 0.3) is 0 Å². The zero-order valence-electron chi connectivity index (χ0n) is 22.4. The van der Waals surface area contributed by atoms with E-state index in [1.54, 1.807) is 38.4 Å². The van der Waals surface area contributed by atoms with E-state index in [1.165, 1.54) is 14.7 Å². The second-order valence-electron chi connectivity index (χ2n) is 9.93. The number of hydrogen-bond donors (Lipinski definition) is 0. The maximum absolute atomic E-state index is 13.5. The van der Waals surface area contributed by atoms with Crippen LogP contribution in [0.1, 0.15) is 45.5 Å². The topological polar surface area (TPSA) is 78.0 Å². The second kappa shape index (κ2) is 11.4. The van der Waals surface area contributed by atoms with Crippen molar-refractivity contribution in [2.24, 2.45) is 0 Å². The number of rotatable bonds is 7. The zero-order chi connectivity index (χ0) is 27.4. The average Bonchev–Trinajstić information content (AvgIpc) is 2.92. The quantitative estimate of drug-likeness (QED) is 0.346. The minimum atomic E-state index is -0.740. The van der Waals surface area contributed by atoms with Crippen molar-refractivity contribution in [2.45, 2.75) is 39.7 Å². The minimum absolute atomic E-state index is 0.147. The minimum Gasteiger partial charge on any atom is -0.345 e. The highest BCUT2D eigenvalue weighted by atomic mass is 16.2. The first-order valence-corrected chi connectivity index (χ1v) is 12.8. The van der Waals surface area contributed by atoms with Gasteiger partial charge in [-0.1, -0.05) is 36.4 Å². The van der Waals surface area contributed by atoms with Gasteiger partial charge in [0.15, 0.2) is 0 Å². The van der Waals surface area contributed by atoms with Gasteiger partial charge in [-0.15, -0.1) is 0 Å². The summed E-state index contributed by atoms with van der Waals surface area (Å²) < 4.78 is 0. The number of amides is 3. The van der Waals surface area contributed by atoms with Crippen LogP contribution in [-0.4, -0.2) is 49.0 Å². The van der Waals surface area contributed by atoms with Gasteiger partial charge < -0.3 is 14.7 Å². The molecule has 0 aliphatic carbocycles. The number of para-hydroxylation sites is 1. The molecule has 7 heteroatoms. The molecule has 0 saturated heterocycles. The molecule has 1 aliphatic rings. The van der Waals surface area contributed by atoms with Crippen LogP contribution < -0.4 is 9.80 Å². The lowest BCUT2D eigenvalue weighted by molar-refractivity contribution is -0.138. The van der Waals surface area contributed by atoms with Crippen molar-refractivity contribution in [2.75, 3.05) is 30.4 Å². The Hall–Kier alpha value is -4.26. The first-order chi connectivity index (χ1) is 18.2. The molecule has 3 aromatic rings. The summed E-state index contributed by atoms with van der Waals surface area (Å²) >= 11 is 0. The number of carbonyl (C=O) groups is 4. The number of fused-ring (bicyclic) bond motifs is 1. The van der Waals surface area contributed by atoms with Gasteiger partial charge in [-0.25, -0.2) is 0 Å². The summed E-state index contributed by atoms with van der Waals surface area (Å²) in [7, 11) is 3.35. The molecule has 1 aliphatic heterocycles. The van der Waals surface area contributed by atoms with Gasteiger partial charge in [-0.2, -0.15) is 0 Å². The zero-order valence-corrected chi connectivity index (χ0v) is 22.4. The van der Waals surface area contributed by atoms with Crippen molar-refractivity contribution in [1.29, 1.82) is 0 Å². The molecule has 4 rings (SSSR count). The maximum Gasteiger partial charge on any atom is 0.294 e. The molecule has 196 valence electrons. The summed E-state index contributed by atoms with van der Waals surface area (Å²) in [6.45, 7) is 4.70. The summed E-state index contributed by atoms with van der Waals surface area (Å²) in [4.78, 5) is 56.6. The smallest absolute Gasteiger partial charge is 0.294 e. The van der Waals surface area contributed by atoms with Crippen LogP contribution in [0.3, 0.4) is 0 Å². The Bertz CT molecular complexity index is 1380. The van der Waals surface area contributed by atoms with Crippen molar-refractivity contribution >= 4 is 34.9 Å². The lowest BCUT2D eigenvalue weighted by atomic mass is 10.0. The van der Waals surface area contributed by atoms with E-state index in [2.05, 4.69) is 0 Å². The van der Waals surface area contributed by atoms with Crippen LogP contribution in [0.4, 0.5) is 11.4 Å². The largest absolute Gasteiger partial charge is 0.345 e. The van der Waals surface area contributed by atoms with Crippen molar-refractivity contribution in [1.82, 2.24) is 4.90 Å². The molecule has 3 amide bonds. The SMILES string of the molecule is Cc1ccc(CN(C(=O)CC(=O)C(=O)N2CCCc3ccccc32)c2ccc(C(=O)N(C)C)cc2)cc1C. The molecule has 0 atom stereocenters. The predicted octanol–water partition coefficient (Wildman–Crippen LogP) is 4.48. The number of hydrogen-bond acceptors (Lipinski definition) is 4. The number of carbonyl (C=O) groups excluding carboxylic acids is 4. The molecule has 0 spiro atoms. The molecule has 1 heterocycles. The fourth-order valence-electron chi connectivity index (χ4n) is 4.65. The lowest BCUT2D eigenvalue weighted by Gasteiger charge is -2.29. The standard InChI is InChI=1S/C31H33N3O4/c1-21-11-12-23(18-22(21)2)20-34(26-15-13-25(14-16-26)30(37)32(3)4)29(36)19-28(35)31(38)33-17-7-9-24-8-5-6-10-27(24)33/h5-6,8,10-16,18H,7,9,17,19-20H2,1-4H3. The van der Waals surface area contributed by atoms with E-state index in [9.17, 15) is 19.2 Å². The molecule has 0 unspecified atom stereocenters. The van der Waals surface area contributed by atoms with Gasteiger partial charge >= 0.3 is 0 Å². The van der Waals surface area contributed by atoms with Gasteiger partial charge in [-0.3, -0.25) is 19.2 Å². The Morgan fingerprint density at radius 2 is 1.58 bits per heavy atom. The Labute approximate surface area is 223 Å².